The van der Waals surface area contributed by atoms with Gasteiger partial charge in [0.25, 0.3) is 0 Å². The van der Waals surface area contributed by atoms with E-state index in [4.69, 9.17) is 4.52 Å². The van der Waals surface area contributed by atoms with E-state index >= 15 is 0 Å². The van der Waals surface area contributed by atoms with Gasteiger partial charge in [-0.25, -0.2) is 9.97 Å². The lowest BCUT2D eigenvalue weighted by molar-refractivity contribution is 0.392. The fourth-order valence-electron chi connectivity index (χ4n) is 2.16. The second-order valence-corrected chi connectivity index (χ2v) is 5.00. The molecule has 0 saturated carbocycles. The maximum absolute atomic E-state index is 5.19. The van der Waals surface area contributed by atoms with E-state index in [2.05, 4.69) is 39.6 Å². The van der Waals surface area contributed by atoms with Gasteiger partial charge in [0, 0.05) is 30.6 Å². The van der Waals surface area contributed by atoms with Crippen LogP contribution in [0.3, 0.4) is 0 Å². The minimum Gasteiger partial charge on any atom is -0.370 e. The molecule has 2 aromatic rings. The summed E-state index contributed by atoms with van der Waals surface area (Å²) < 4.78 is 5.19. The van der Waals surface area contributed by atoms with Gasteiger partial charge in [0.1, 0.15) is 23.2 Å². The molecule has 6 heteroatoms. The van der Waals surface area contributed by atoms with Crippen molar-refractivity contribution in [2.24, 2.45) is 0 Å². The number of anilines is 2. The first kappa shape index (κ1) is 15.3. The molecular formula is C15H23N5O. The molecule has 2 heterocycles. The van der Waals surface area contributed by atoms with Crippen LogP contribution in [0.5, 0.6) is 0 Å². The Bertz CT molecular complexity index is 601. The van der Waals surface area contributed by atoms with E-state index in [0.717, 1.165) is 53.0 Å². The average Bonchev–Trinajstić information content (AvgIpc) is 2.79. The second-order valence-electron chi connectivity index (χ2n) is 5.00. The third-order valence-corrected chi connectivity index (χ3v) is 3.47. The molecule has 0 bridgehead atoms. The highest BCUT2D eigenvalue weighted by molar-refractivity contribution is 5.57. The van der Waals surface area contributed by atoms with Gasteiger partial charge in [-0.05, 0) is 27.7 Å². The van der Waals surface area contributed by atoms with E-state index in [9.17, 15) is 0 Å². The molecule has 0 aliphatic heterocycles. The maximum atomic E-state index is 5.19. The molecule has 2 aromatic heterocycles. The zero-order valence-corrected chi connectivity index (χ0v) is 13.4. The van der Waals surface area contributed by atoms with Crippen LogP contribution in [0, 0.1) is 20.8 Å². The van der Waals surface area contributed by atoms with Crippen molar-refractivity contribution in [2.45, 2.75) is 47.6 Å². The molecule has 0 aliphatic rings. The van der Waals surface area contributed by atoms with Crippen LogP contribution < -0.4 is 10.6 Å². The molecule has 0 unspecified atom stereocenters. The molecular weight excluding hydrogens is 266 g/mol. The SMILES string of the molecule is CCNc1nc(CC)nc(NCc2c(C)noc2C)c1C. The predicted molar refractivity (Wildman–Crippen MR) is 83.6 cm³/mol. The third kappa shape index (κ3) is 3.32. The van der Waals surface area contributed by atoms with Crippen molar-refractivity contribution in [3.63, 3.8) is 0 Å². The summed E-state index contributed by atoms with van der Waals surface area (Å²) in [4.78, 5) is 9.11. The number of hydrogen-bond donors (Lipinski definition) is 2. The number of nitrogens with zero attached hydrogens (tertiary/aromatic N) is 3. The van der Waals surface area contributed by atoms with E-state index in [1.165, 1.54) is 0 Å². The minimum atomic E-state index is 0.647. The van der Waals surface area contributed by atoms with Crippen molar-refractivity contribution in [3.8, 4) is 0 Å². The summed E-state index contributed by atoms with van der Waals surface area (Å²) in [5.74, 6) is 3.43. The lowest BCUT2D eigenvalue weighted by atomic mass is 10.2. The summed E-state index contributed by atoms with van der Waals surface area (Å²) in [7, 11) is 0. The van der Waals surface area contributed by atoms with Crippen LogP contribution in [0.4, 0.5) is 11.6 Å². The van der Waals surface area contributed by atoms with E-state index in [-0.39, 0.29) is 0 Å². The molecule has 114 valence electrons. The largest absolute Gasteiger partial charge is 0.370 e. The number of nitrogens with one attached hydrogen (secondary N) is 2. The molecule has 0 amide bonds. The van der Waals surface area contributed by atoms with Gasteiger partial charge in [-0.2, -0.15) is 0 Å². The topological polar surface area (TPSA) is 75.9 Å². The van der Waals surface area contributed by atoms with Gasteiger partial charge < -0.3 is 15.2 Å². The molecule has 0 saturated heterocycles. The predicted octanol–water partition coefficient (Wildman–Crippen LogP) is 3.00. The molecule has 6 nitrogen and oxygen atoms in total. The molecule has 2 N–H and O–H groups in total. The van der Waals surface area contributed by atoms with Crippen LogP contribution in [0.2, 0.25) is 0 Å². The molecule has 0 spiro atoms. The third-order valence-electron chi connectivity index (χ3n) is 3.47. The van der Waals surface area contributed by atoms with Crippen LogP contribution in [0.1, 0.15) is 42.3 Å². The summed E-state index contributed by atoms with van der Waals surface area (Å²) in [6.07, 6.45) is 0.804. The van der Waals surface area contributed by atoms with Crippen LogP contribution in [0.25, 0.3) is 0 Å². The standard InChI is InChI=1S/C15H23N5O/c1-6-13-18-14(16-7-2)9(3)15(19-13)17-8-12-10(4)20-21-11(12)5/h6-8H2,1-5H3,(H2,16,17,18,19). The van der Waals surface area contributed by atoms with Crippen molar-refractivity contribution in [3.05, 3.63) is 28.4 Å². The molecule has 2 rings (SSSR count). The lowest BCUT2D eigenvalue weighted by Gasteiger charge is -2.14. The van der Waals surface area contributed by atoms with Crippen molar-refractivity contribution in [1.82, 2.24) is 15.1 Å². The van der Waals surface area contributed by atoms with Crippen molar-refractivity contribution in [1.29, 1.82) is 0 Å². The first-order chi connectivity index (χ1) is 10.1. The monoisotopic (exact) mass is 289 g/mol. The van der Waals surface area contributed by atoms with Crippen molar-refractivity contribution < 1.29 is 4.52 Å². The number of rotatable bonds is 6. The van der Waals surface area contributed by atoms with Gasteiger partial charge in [-0.3, -0.25) is 0 Å². The molecule has 0 atom stereocenters. The molecule has 0 radical (unpaired) electrons. The first-order valence-corrected chi connectivity index (χ1v) is 7.33. The zero-order valence-electron chi connectivity index (χ0n) is 13.4. The van der Waals surface area contributed by atoms with Gasteiger partial charge in [-0.1, -0.05) is 12.1 Å². The van der Waals surface area contributed by atoms with Crippen molar-refractivity contribution >= 4 is 11.6 Å². The van der Waals surface area contributed by atoms with Gasteiger partial charge in [0.05, 0.1) is 5.69 Å². The molecule has 0 fully saturated rings. The highest BCUT2D eigenvalue weighted by Gasteiger charge is 2.12. The Balaban J connectivity index is 2.24. The molecule has 0 aromatic carbocycles. The quantitative estimate of drug-likeness (QED) is 0.851. The van der Waals surface area contributed by atoms with Crippen molar-refractivity contribution in [2.75, 3.05) is 17.2 Å². The van der Waals surface area contributed by atoms with Gasteiger partial charge in [-0.15, -0.1) is 0 Å². The number of hydrogen-bond acceptors (Lipinski definition) is 6. The maximum Gasteiger partial charge on any atom is 0.138 e. The molecule has 21 heavy (non-hydrogen) atoms. The Hall–Kier alpha value is -2.11. The second kappa shape index (κ2) is 6.56. The van der Waals surface area contributed by atoms with Gasteiger partial charge >= 0.3 is 0 Å². The summed E-state index contributed by atoms with van der Waals surface area (Å²) in [6.45, 7) is 11.5. The van der Waals surface area contributed by atoms with E-state index in [1.54, 1.807) is 0 Å². The highest BCUT2D eigenvalue weighted by Crippen LogP contribution is 2.22. The zero-order chi connectivity index (χ0) is 15.4. The lowest BCUT2D eigenvalue weighted by Crippen LogP contribution is -2.11. The van der Waals surface area contributed by atoms with Crippen LogP contribution in [-0.4, -0.2) is 21.7 Å². The smallest absolute Gasteiger partial charge is 0.138 e. The summed E-state index contributed by atoms with van der Waals surface area (Å²) >= 11 is 0. The Morgan fingerprint density at radius 2 is 1.67 bits per heavy atom. The van der Waals surface area contributed by atoms with Crippen LogP contribution in [0.15, 0.2) is 4.52 Å². The fraction of sp³-hybridized carbons (Fsp3) is 0.533. The summed E-state index contributed by atoms with van der Waals surface area (Å²) in [5, 5.41) is 10.6. The van der Waals surface area contributed by atoms with E-state index in [1.807, 2.05) is 20.8 Å². The Morgan fingerprint density at radius 3 is 2.19 bits per heavy atom. The Morgan fingerprint density at radius 1 is 1.00 bits per heavy atom. The molecule has 0 aliphatic carbocycles. The first-order valence-electron chi connectivity index (χ1n) is 7.33. The minimum absolute atomic E-state index is 0.647. The van der Waals surface area contributed by atoms with Crippen LogP contribution >= 0.6 is 0 Å². The van der Waals surface area contributed by atoms with Gasteiger partial charge in [0.2, 0.25) is 0 Å². The normalized spacial score (nSPS) is 10.7. The average molecular weight is 289 g/mol. The highest BCUT2D eigenvalue weighted by atomic mass is 16.5. The van der Waals surface area contributed by atoms with Gasteiger partial charge in [0.15, 0.2) is 0 Å². The summed E-state index contributed by atoms with van der Waals surface area (Å²) in [5.41, 5.74) is 3.02. The fourth-order valence-corrected chi connectivity index (χ4v) is 2.16. The number of aromatic nitrogens is 3. The Labute approximate surface area is 125 Å². The van der Waals surface area contributed by atoms with E-state index in [0.29, 0.717) is 6.54 Å². The van der Waals surface area contributed by atoms with E-state index < -0.39 is 0 Å². The number of aryl methyl sites for hydroxylation is 3. The van der Waals surface area contributed by atoms with Crippen LogP contribution in [-0.2, 0) is 13.0 Å². The summed E-state index contributed by atoms with van der Waals surface area (Å²) in [6, 6.07) is 0. The Kier molecular flexibility index (Phi) is 4.77.